The smallest absolute Gasteiger partial charge is 0.231 e. The molecule has 2 aromatic rings. The zero-order chi connectivity index (χ0) is 16.1. The quantitative estimate of drug-likeness (QED) is 0.756. The van der Waals surface area contributed by atoms with E-state index in [4.69, 9.17) is 14.2 Å². The number of hydrogen-bond acceptors (Lipinski definition) is 4. The molecule has 0 spiro atoms. The van der Waals surface area contributed by atoms with Crippen LogP contribution >= 0.6 is 0 Å². The maximum absolute atomic E-state index is 13.2. The molecule has 0 saturated heterocycles. The molecule has 0 bridgehead atoms. The molecule has 118 valence electrons. The molecule has 0 fully saturated rings. The number of nitriles is 1. The van der Waals surface area contributed by atoms with Crippen molar-refractivity contribution in [2.45, 2.75) is 18.8 Å². The second kappa shape index (κ2) is 7.01. The summed E-state index contributed by atoms with van der Waals surface area (Å²) in [6, 6.07) is 13.8. The molecule has 0 radical (unpaired) electrons. The molecule has 1 atom stereocenters. The van der Waals surface area contributed by atoms with Gasteiger partial charge in [0, 0.05) is 6.07 Å². The Morgan fingerprint density at radius 3 is 2.87 bits per heavy atom. The van der Waals surface area contributed by atoms with E-state index in [0.717, 1.165) is 0 Å². The Hall–Kier alpha value is -2.74. The van der Waals surface area contributed by atoms with Gasteiger partial charge in [0.15, 0.2) is 11.5 Å². The second-order valence-corrected chi connectivity index (χ2v) is 5.24. The summed E-state index contributed by atoms with van der Waals surface area (Å²) in [5.74, 6) is 1.45. The fraction of sp³-hybridized carbons (Fsp3) is 0.278. The van der Waals surface area contributed by atoms with Crippen LogP contribution in [0.4, 0.5) is 4.39 Å². The average Bonchev–Trinajstić information content (AvgIpc) is 3.02. The van der Waals surface area contributed by atoms with Crippen molar-refractivity contribution in [3.05, 3.63) is 53.8 Å². The lowest BCUT2D eigenvalue weighted by Gasteiger charge is -2.11. The van der Waals surface area contributed by atoms with Gasteiger partial charge in [0.2, 0.25) is 6.79 Å². The summed E-state index contributed by atoms with van der Waals surface area (Å²) in [5, 5.41) is 9.25. The lowest BCUT2D eigenvalue weighted by Crippen LogP contribution is -2.02. The van der Waals surface area contributed by atoms with Crippen molar-refractivity contribution in [3.63, 3.8) is 0 Å². The minimum absolute atomic E-state index is 0.232. The minimum Gasteiger partial charge on any atom is -0.493 e. The molecule has 1 aliphatic rings. The molecular weight excluding hydrogens is 297 g/mol. The topological polar surface area (TPSA) is 51.5 Å². The Labute approximate surface area is 134 Å². The van der Waals surface area contributed by atoms with E-state index in [-0.39, 0.29) is 18.5 Å². The molecule has 0 aromatic heterocycles. The monoisotopic (exact) mass is 313 g/mol. The predicted molar refractivity (Wildman–Crippen MR) is 82.0 cm³/mol. The molecule has 2 aromatic carbocycles. The third-order valence-electron chi connectivity index (χ3n) is 3.66. The maximum atomic E-state index is 13.2. The number of fused-ring (bicyclic) bond motifs is 1. The van der Waals surface area contributed by atoms with Crippen LogP contribution in [0.2, 0.25) is 0 Å². The molecule has 0 amide bonds. The molecule has 3 rings (SSSR count). The summed E-state index contributed by atoms with van der Waals surface area (Å²) in [6.45, 7) is 0.712. The van der Waals surface area contributed by atoms with E-state index in [2.05, 4.69) is 6.07 Å². The Morgan fingerprint density at radius 1 is 1.17 bits per heavy atom. The number of nitrogens with zero attached hydrogens (tertiary/aromatic N) is 1. The van der Waals surface area contributed by atoms with Gasteiger partial charge in [-0.15, -0.1) is 0 Å². The molecule has 0 N–H and O–H groups in total. The molecular formula is C18H16FNO3. The SMILES string of the molecule is N#CC(CCCOc1ccc2c(c1)OCO2)c1cccc(F)c1. The summed E-state index contributed by atoms with van der Waals surface area (Å²) in [7, 11) is 0. The summed E-state index contributed by atoms with van der Waals surface area (Å²) in [6.07, 6.45) is 1.31. The summed E-state index contributed by atoms with van der Waals surface area (Å²) < 4.78 is 29.4. The van der Waals surface area contributed by atoms with Gasteiger partial charge in [-0.1, -0.05) is 12.1 Å². The van der Waals surface area contributed by atoms with E-state index < -0.39 is 0 Å². The van der Waals surface area contributed by atoms with E-state index in [9.17, 15) is 9.65 Å². The molecule has 5 heteroatoms. The van der Waals surface area contributed by atoms with Gasteiger partial charge in [0.05, 0.1) is 18.6 Å². The largest absolute Gasteiger partial charge is 0.493 e. The standard InChI is InChI=1S/C18H16FNO3/c19-15-5-1-3-13(9-15)14(11-20)4-2-8-21-16-6-7-17-18(10-16)23-12-22-17/h1,3,5-7,9-10,14H,2,4,8,12H2. The third-order valence-corrected chi connectivity index (χ3v) is 3.66. The Morgan fingerprint density at radius 2 is 2.04 bits per heavy atom. The molecule has 1 unspecified atom stereocenters. The van der Waals surface area contributed by atoms with E-state index >= 15 is 0 Å². The summed E-state index contributed by atoms with van der Waals surface area (Å²) in [4.78, 5) is 0. The highest BCUT2D eigenvalue weighted by molar-refractivity contribution is 5.46. The molecule has 0 saturated carbocycles. The first kappa shape index (κ1) is 15.2. The Kier molecular flexibility index (Phi) is 4.62. The zero-order valence-electron chi connectivity index (χ0n) is 12.5. The number of benzene rings is 2. The first-order valence-corrected chi connectivity index (χ1v) is 7.44. The van der Waals surface area contributed by atoms with Crippen LogP contribution in [0.15, 0.2) is 42.5 Å². The van der Waals surface area contributed by atoms with E-state index in [1.165, 1.54) is 12.1 Å². The average molecular weight is 313 g/mol. The van der Waals surface area contributed by atoms with Gasteiger partial charge in [-0.05, 0) is 42.7 Å². The highest BCUT2D eigenvalue weighted by Crippen LogP contribution is 2.35. The third kappa shape index (κ3) is 3.72. The van der Waals surface area contributed by atoms with Crippen LogP contribution in [-0.4, -0.2) is 13.4 Å². The van der Waals surface area contributed by atoms with Crippen LogP contribution in [0, 0.1) is 17.1 Å². The van der Waals surface area contributed by atoms with Crippen molar-refractivity contribution >= 4 is 0 Å². The van der Waals surface area contributed by atoms with Crippen molar-refractivity contribution < 1.29 is 18.6 Å². The van der Waals surface area contributed by atoms with Crippen LogP contribution < -0.4 is 14.2 Å². The molecule has 1 heterocycles. The van der Waals surface area contributed by atoms with E-state index in [1.807, 2.05) is 12.1 Å². The molecule has 1 aliphatic heterocycles. The lowest BCUT2D eigenvalue weighted by atomic mass is 9.96. The first-order chi connectivity index (χ1) is 11.3. The second-order valence-electron chi connectivity index (χ2n) is 5.24. The molecule has 0 aliphatic carbocycles. The predicted octanol–water partition coefficient (Wildman–Crippen LogP) is 4.02. The number of hydrogen-bond donors (Lipinski definition) is 0. The zero-order valence-corrected chi connectivity index (χ0v) is 12.5. The lowest BCUT2D eigenvalue weighted by molar-refractivity contribution is 0.173. The van der Waals surface area contributed by atoms with Crippen molar-refractivity contribution in [2.75, 3.05) is 13.4 Å². The van der Waals surface area contributed by atoms with Crippen LogP contribution in [0.5, 0.6) is 17.2 Å². The van der Waals surface area contributed by atoms with Gasteiger partial charge in [0.1, 0.15) is 11.6 Å². The van der Waals surface area contributed by atoms with E-state index in [1.54, 1.807) is 18.2 Å². The van der Waals surface area contributed by atoms with Crippen LogP contribution in [-0.2, 0) is 0 Å². The Balaban J connectivity index is 1.50. The van der Waals surface area contributed by atoms with Gasteiger partial charge < -0.3 is 14.2 Å². The normalized spacial score (nSPS) is 13.4. The van der Waals surface area contributed by atoms with Crippen LogP contribution in [0.3, 0.4) is 0 Å². The highest BCUT2D eigenvalue weighted by Gasteiger charge is 2.14. The summed E-state index contributed by atoms with van der Waals surface area (Å²) >= 11 is 0. The van der Waals surface area contributed by atoms with Crippen molar-refractivity contribution in [3.8, 4) is 23.3 Å². The highest BCUT2D eigenvalue weighted by atomic mass is 19.1. The molecule has 4 nitrogen and oxygen atoms in total. The van der Waals surface area contributed by atoms with Gasteiger partial charge in [-0.3, -0.25) is 0 Å². The number of halogens is 1. The van der Waals surface area contributed by atoms with Gasteiger partial charge in [-0.25, -0.2) is 4.39 Å². The summed E-state index contributed by atoms with van der Waals surface area (Å²) in [5.41, 5.74) is 0.704. The Bertz CT molecular complexity index is 726. The first-order valence-electron chi connectivity index (χ1n) is 7.44. The molecule has 23 heavy (non-hydrogen) atoms. The van der Waals surface area contributed by atoms with Crippen molar-refractivity contribution in [2.24, 2.45) is 0 Å². The van der Waals surface area contributed by atoms with Crippen LogP contribution in [0.1, 0.15) is 24.3 Å². The van der Waals surface area contributed by atoms with Crippen molar-refractivity contribution in [1.82, 2.24) is 0 Å². The van der Waals surface area contributed by atoms with E-state index in [0.29, 0.717) is 42.3 Å². The van der Waals surface area contributed by atoms with Gasteiger partial charge >= 0.3 is 0 Å². The van der Waals surface area contributed by atoms with Crippen molar-refractivity contribution in [1.29, 1.82) is 5.26 Å². The fourth-order valence-electron chi connectivity index (χ4n) is 2.47. The fourth-order valence-corrected chi connectivity index (χ4v) is 2.47. The van der Waals surface area contributed by atoms with Gasteiger partial charge in [-0.2, -0.15) is 5.26 Å². The number of rotatable bonds is 6. The maximum Gasteiger partial charge on any atom is 0.231 e. The van der Waals surface area contributed by atoms with Crippen LogP contribution in [0.25, 0.3) is 0 Å². The minimum atomic E-state index is -0.328. The van der Waals surface area contributed by atoms with Gasteiger partial charge in [0.25, 0.3) is 0 Å². The number of ether oxygens (including phenoxy) is 3.